The summed E-state index contributed by atoms with van der Waals surface area (Å²) in [5.74, 6) is 2.24. The molecule has 2 N–H and O–H groups in total. The molecule has 0 amide bonds. The number of hydrogen-bond acceptors (Lipinski definition) is 5. The van der Waals surface area contributed by atoms with Crippen LogP contribution in [0.1, 0.15) is 36.4 Å². The van der Waals surface area contributed by atoms with E-state index >= 15 is 0 Å². The summed E-state index contributed by atoms with van der Waals surface area (Å²) in [5.41, 5.74) is 3.18. The lowest BCUT2D eigenvalue weighted by Crippen LogP contribution is -2.36. The molecule has 0 aliphatic rings. The molecule has 0 atom stereocenters. The molecule has 2 heterocycles. The Hall–Kier alpha value is -1.84. The van der Waals surface area contributed by atoms with E-state index in [0.717, 1.165) is 41.4 Å². The summed E-state index contributed by atoms with van der Waals surface area (Å²) in [6.45, 7) is 5.40. The first kappa shape index (κ1) is 21.2. The van der Waals surface area contributed by atoms with Gasteiger partial charge in [0.15, 0.2) is 5.96 Å². The van der Waals surface area contributed by atoms with Gasteiger partial charge in [0.1, 0.15) is 5.76 Å². The second-order valence-electron chi connectivity index (χ2n) is 5.22. The topological polar surface area (TPSA) is 84.6 Å². The average Bonchev–Trinajstić information content (AvgIpc) is 3.04. The van der Waals surface area contributed by atoms with Crippen molar-refractivity contribution in [3.8, 4) is 5.88 Å². The van der Waals surface area contributed by atoms with Gasteiger partial charge >= 0.3 is 0 Å². The van der Waals surface area contributed by atoms with Crippen LogP contribution in [0.15, 0.2) is 27.8 Å². The van der Waals surface area contributed by atoms with E-state index in [0.29, 0.717) is 19.0 Å². The molecule has 2 rings (SSSR count). The molecule has 0 bridgehead atoms. The second-order valence-corrected chi connectivity index (χ2v) is 5.22. The fourth-order valence-corrected chi connectivity index (χ4v) is 2.39. The van der Waals surface area contributed by atoms with Gasteiger partial charge in [-0.15, -0.1) is 24.0 Å². The molecule has 0 saturated heterocycles. The van der Waals surface area contributed by atoms with Crippen molar-refractivity contribution in [2.45, 2.75) is 39.8 Å². The number of aliphatic imine (C=N–C) groups is 1. The minimum atomic E-state index is 0. The number of hydrogen-bond donors (Lipinski definition) is 2. The van der Waals surface area contributed by atoms with Gasteiger partial charge in [0.05, 0.1) is 12.8 Å². The highest BCUT2D eigenvalue weighted by Crippen LogP contribution is 2.15. The van der Waals surface area contributed by atoms with Gasteiger partial charge < -0.3 is 19.9 Å². The van der Waals surface area contributed by atoms with Crippen molar-refractivity contribution in [1.82, 2.24) is 20.8 Å². The maximum atomic E-state index is 5.39. The van der Waals surface area contributed by atoms with Gasteiger partial charge in [-0.25, -0.2) is 4.98 Å². The summed E-state index contributed by atoms with van der Waals surface area (Å²) < 4.78 is 10.5. The Labute approximate surface area is 165 Å². The fraction of sp³-hybridized carbons (Fsp3) is 0.471. The van der Waals surface area contributed by atoms with E-state index in [-0.39, 0.29) is 24.0 Å². The molecule has 0 aliphatic heterocycles. The number of rotatable bonds is 7. The molecular formula is C17H26IN5O2. The Balaban J connectivity index is 0.00000312. The standard InChI is InChI=1S/C17H25N5O2.HI/c1-5-14-13(15(6-2)24-22-14)11-21-17(18-3)20-10-12-7-8-19-16(9-12)23-4;/h7-9H,5-6,10-11H2,1-4H3,(H2,18,20,21);1H. The molecule has 0 spiro atoms. The summed E-state index contributed by atoms with van der Waals surface area (Å²) in [5, 5.41) is 10.7. The van der Waals surface area contributed by atoms with Crippen LogP contribution in [0.5, 0.6) is 5.88 Å². The van der Waals surface area contributed by atoms with E-state index in [1.54, 1.807) is 20.4 Å². The van der Waals surface area contributed by atoms with Crippen LogP contribution in [-0.2, 0) is 25.9 Å². The van der Waals surface area contributed by atoms with Gasteiger partial charge in [-0.1, -0.05) is 19.0 Å². The van der Waals surface area contributed by atoms with Crippen LogP contribution < -0.4 is 15.4 Å². The first-order valence-corrected chi connectivity index (χ1v) is 8.11. The van der Waals surface area contributed by atoms with E-state index in [4.69, 9.17) is 9.26 Å². The van der Waals surface area contributed by atoms with Crippen LogP contribution in [0, 0.1) is 0 Å². The molecule has 7 nitrogen and oxygen atoms in total. The molecule has 0 aliphatic carbocycles. The molecule has 25 heavy (non-hydrogen) atoms. The first-order valence-electron chi connectivity index (χ1n) is 8.11. The molecular weight excluding hydrogens is 433 g/mol. The zero-order chi connectivity index (χ0) is 17.4. The maximum absolute atomic E-state index is 5.39. The van der Waals surface area contributed by atoms with E-state index in [1.807, 2.05) is 12.1 Å². The van der Waals surface area contributed by atoms with Crippen molar-refractivity contribution < 1.29 is 9.26 Å². The van der Waals surface area contributed by atoms with Crippen molar-refractivity contribution in [2.75, 3.05) is 14.2 Å². The number of nitrogens with zero attached hydrogens (tertiary/aromatic N) is 3. The van der Waals surface area contributed by atoms with Crippen molar-refractivity contribution in [3.63, 3.8) is 0 Å². The van der Waals surface area contributed by atoms with Crippen molar-refractivity contribution in [2.24, 2.45) is 4.99 Å². The quantitative estimate of drug-likeness (QED) is 0.377. The SMILES string of the molecule is CCc1noc(CC)c1CNC(=NC)NCc1ccnc(OC)c1.I. The zero-order valence-electron chi connectivity index (χ0n) is 15.1. The van der Waals surface area contributed by atoms with Crippen molar-refractivity contribution >= 4 is 29.9 Å². The van der Waals surface area contributed by atoms with Gasteiger partial charge in [0.25, 0.3) is 0 Å². The Bertz CT molecular complexity index is 666. The van der Waals surface area contributed by atoms with Crippen molar-refractivity contribution in [3.05, 3.63) is 40.9 Å². The summed E-state index contributed by atoms with van der Waals surface area (Å²) in [4.78, 5) is 8.35. The number of methoxy groups -OCH3 is 1. The Kier molecular flexibility index (Phi) is 9.25. The van der Waals surface area contributed by atoms with E-state index < -0.39 is 0 Å². The van der Waals surface area contributed by atoms with Gasteiger partial charge in [-0.2, -0.15) is 0 Å². The molecule has 2 aromatic rings. The number of pyridine rings is 1. The molecule has 0 aromatic carbocycles. The van der Waals surface area contributed by atoms with Crippen LogP contribution in [-0.4, -0.2) is 30.3 Å². The summed E-state index contributed by atoms with van der Waals surface area (Å²) in [6.07, 6.45) is 3.40. The third-order valence-electron chi connectivity index (χ3n) is 3.73. The van der Waals surface area contributed by atoms with Gasteiger partial charge in [0.2, 0.25) is 5.88 Å². The number of aromatic nitrogens is 2. The average molecular weight is 459 g/mol. The van der Waals surface area contributed by atoms with Gasteiger partial charge in [0, 0.05) is 44.4 Å². The predicted octanol–water partition coefficient (Wildman–Crippen LogP) is 2.69. The largest absolute Gasteiger partial charge is 0.481 e. The molecule has 2 aromatic heterocycles. The van der Waals surface area contributed by atoms with Gasteiger partial charge in [-0.3, -0.25) is 4.99 Å². The van der Waals surface area contributed by atoms with Crippen molar-refractivity contribution in [1.29, 1.82) is 0 Å². The first-order chi connectivity index (χ1) is 11.7. The van der Waals surface area contributed by atoms with Crippen LogP contribution in [0.3, 0.4) is 0 Å². The van der Waals surface area contributed by atoms with Crippen LogP contribution in [0.2, 0.25) is 0 Å². The third-order valence-corrected chi connectivity index (χ3v) is 3.73. The number of aryl methyl sites for hydroxylation is 2. The third kappa shape index (κ3) is 5.87. The summed E-state index contributed by atoms with van der Waals surface area (Å²) >= 11 is 0. The molecule has 0 fully saturated rings. The maximum Gasteiger partial charge on any atom is 0.213 e. The Morgan fingerprint density at radius 3 is 2.64 bits per heavy atom. The lowest BCUT2D eigenvalue weighted by molar-refractivity contribution is 0.380. The second kappa shape index (κ2) is 10.9. The number of halogens is 1. The monoisotopic (exact) mass is 459 g/mol. The molecule has 0 unspecified atom stereocenters. The van der Waals surface area contributed by atoms with Crippen LogP contribution >= 0.6 is 24.0 Å². The van der Waals surface area contributed by atoms with Crippen LogP contribution in [0.25, 0.3) is 0 Å². The highest BCUT2D eigenvalue weighted by molar-refractivity contribution is 14.0. The highest BCUT2D eigenvalue weighted by atomic mass is 127. The summed E-state index contributed by atoms with van der Waals surface area (Å²) in [6, 6.07) is 3.83. The minimum absolute atomic E-state index is 0. The smallest absolute Gasteiger partial charge is 0.213 e. The number of ether oxygens (including phenoxy) is 1. The van der Waals surface area contributed by atoms with Crippen LogP contribution in [0.4, 0.5) is 0 Å². The lowest BCUT2D eigenvalue weighted by atomic mass is 10.1. The fourth-order valence-electron chi connectivity index (χ4n) is 2.39. The predicted molar refractivity (Wildman–Crippen MR) is 109 cm³/mol. The van der Waals surface area contributed by atoms with Gasteiger partial charge in [-0.05, 0) is 18.1 Å². The van der Waals surface area contributed by atoms with E-state index in [1.165, 1.54) is 0 Å². The molecule has 8 heteroatoms. The van der Waals surface area contributed by atoms with E-state index in [9.17, 15) is 0 Å². The number of nitrogens with one attached hydrogen (secondary N) is 2. The molecule has 0 radical (unpaired) electrons. The lowest BCUT2D eigenvalue weighted by Gasteiger charge is -2.12. The molecule has 138 valence electrons. The minimum Gasteiger partial charge on any atom is -0.481 e. The number of guanidine groups is 1. The summed E-state index contributed by atoms with van der Waals surface area (Å²) in [7, 11) is 3.35. The normalized spacial score (nSPS) is 11.0. The molecule has 0 saturated carbocycles. The van der Waals surface area contributed by atoms with E-state index in [2.05, 4.69) is 39.6 Å². The Morgan fingerprint density at radius 2 is 2.00 bits per heavy atom. The zero-order valence-corrected chi connectivity index (χ0v) is 17.5. The Morgan fingerprint density at radius 1 is 1.24 bits per heavy atom. The highest BCUT2D eigenvalue weighted by Gasteiger charge is 2.13.